The maximum absolute atomic E-state index is 12.3. The van der Waals surface area contributed by atoms with Crippen LogP contribution >= 0.6 is 22.6 Å². The van der Waals surface area contributed by atoms with Crippen molar-refractivity contribution in [3.05, 3.63) is 27.8 Å². The van der Waals surface area contributed by atoms with Crippen molar-refractivity contribution in [1.29, 1.82) is 0 Å². The Kier molecular flexibility index (Phi) is 3.73. The van der Waals surface area contributed by atoms with E-state index in [1.54, 1.807) is 0 Å². The van der Waals surface area contributed by atoms with Crippen LogP contribution in [0.15, 0.2) is 24.3 Å². The van der Waals surface area contributed by atoms with Crippen molar-refractivity contribution in [2.75, 3.05) is 5.32 Å². The Hall–Kier alpha value is -0.620. The second-order valence-electron chi connectivity index (χ2n) is 4.88. The van der Waals surface area contributed by atoms with Crippen LogP contribution in [0.2, 0.25) is 0 Å². The van der Waals surface area contributed by atoms with Gasteiger partial charge in [-0.3, -0.25) is 4.79 Å². The lowest BCUT2D eigenvalue weighted by Crippen LogP contribution is -2.44. The molecule has 1 aromatic rings. The van der Waals surface area contributed by atoms with E-state index in [4.69, 9.17) is 5.73 Å². The van der Waals surface area contributed by atoms with Crippen LogP contribution in [0.1, 0.15) is 26.2 Å². The SMILES string of the molecule is CC1(C(=O)Nc2cccc(I)c2)CCCC1N. The van der Waals surface area contributed by atoms with Gasteiger partial charge in [0, 0.05) is 15.3 Å². The minimum absolute atomic E-state index is 0.0229. The van der Waals surface area contributed by atoms with Crippen LogP contribution in [0.5, 0.6) is 0 Å². The average Bonchev–Trinajstić information content (AvgIpc) is 2.60. The van der Waals surface area contributed by atoms with Gasteiger partial charge in [-0.2, -0.15) is 0 Å². The van der Waals surface area contributed by atoms with Crippen LogP contribution in [0.3, 0.4) is 0 Å². The standard InChI is InChI=1S/C13H17IN2O/c1-13(7-3-6-11(13)15)12(17)16-10-5-2-4-9(14)8-10/h2,4-5,8,11H,3,6-7,15H2,1H3,(H,16,17). The van der Waals surface area contributed by atoms with Crippen molar-refractivity contribution in [2.24, 2.45) is 11.1 Å². The Bertz CT molecular complexity index is 435. The molecule has 1 aliphatic rings. The molecule has 0 spiro atoms. The minimum Gasteiger partial charge on any atom is -0.327 e. The molecule has 3 N–H and O–H groups in total. The lowest BCUT2D eigenvalue weighted by atomic mass is 9.84. The summed E-state index contributed by atoms with van der Waals surface area (Å²) in [4.78, 5) is 12.3. The van der Waals surface area contributed by atoms with E-state index in [0.29, 0.717) is 0 Å². The molecule has 0 radical (unpaired) electrons. The molecule has 17 heavy (non-hydrogen) atoms. The predicted molar refractivity (Wildman–Crippen MR) is 77.7 cm³/mol. The number of benzene rings is 1. The summed E-state index contributed by atoms with van der Waals surface area (Å²) in [5.41, 5.74) is 6.47. The smallest absolute Gasteiger partial charge is 0.231 e. The first kappa shape index (κ1) is 12.8. The van der Waals surface area contributed by atoms with Gasteiger partial charge in [0.25, 0.3) is 0 Å². The number of carbonyl (C=O) groups excluding carboxylic acids is 1. The Morgan fingerprint density at radius 2 is 2.35 bits per heavy atom. The summed E-state index contributed by atoms with van der Waals surface area (Å²) in [5.74, 6) is 0.0458. The summed E-state index contributed by atoms with van der Waals surface area (Å²) in [6.07, 6.45) is 2.86. The number of nitrogens with one attached hydrogen (secondary N) is 1. The van der Waals surface area contributed by atoms with Crippen LogP contribution in [0, 0.1) is 8.99 Å². The van der Waals surface area contributed by atoms with E-state index in [9.17, 15) is 4.79 Å². The van der Waals surface area contributed by atoms with Gasteiger partial charge in [0.05, 0.1) is 5.41 Å². The molecule has 0 aliphatic heterocycles. The molecular formula is C13H17IN2O. The molecule has 4 heteroatoms. The summed E-state index contributed by atoms with van der Waals surface area (Å²) in [6.45, 7) is 1.97. The average molecular weight is 344 g/mol. The van der Waals surface area contributed by atoms with E-state index in [1.165, 1.54) is 0 Å². The number of rotatable bonds is 2. The van der Waals surface area contributed by atoms with Crippen molar-refractivity contribution < 1.29 is 4.79 Å². The molecule has 1 fully saturated rings. The zero-order valence-corrected chi connectivity index (χ0v) is 12.0. The molecule has 0 bridgehead atoms. The third-order valence-corrected chi connectivity index (χ3v) is 4.30. The van der Waals surface area contributed by atoms with Crippen molar-refractivity contribution in [3.63, 3.8) is 0 Å². The van der Waals surface area contributed by atoms with Gasteiger partial charge in [-0.05, 0) is 60.6 Å². The fourth-order valence-corrected chi connectivity index (χ4v) is 2.86. The van der Waals surface area contributed by atoms with Gasteiger partial charge in [-0.15, -0.1) is 0 Å². The van der Waals surface area contributed by atoms with Crippen molar-refractivity contribution in [3.8, 4) is 0 Å². The number of halogens is 1. The highest BCUT2D eigenvalue weighted by atomic mass is 127. The van der Waals surface area contributed by atoms with Gasteiger partial charge in [0.1, 0.15) is 0 Å². The van der Waals surface area contributed by atoms with Crippen molar-refractivity contribution in [2.45, 2.75) is 32.2 Å². The van der Waals surface area contributed by atoms with E-state index in [-0.39, 0.29) is 11.9 Å². The fraction of sp³-hybridized carbons (Fsp3) is 0.462. The second kappa shape index (κ2) is 4.94. The molecule has 0 heterocycles. The number of anilines is 1. The summed E-state index contributed by atoms with van der Waals surface area (Å²) >= 11 is 2.23. The lowest BCUT2D eigenvalue weighted by Gasteiger charge is -2.27. The zero-order chi connectivity index (χ0) is 12.5. The topological polar surface area (TPSA) is 55.1 Å². The molecule has 3 nitrogen and oxygen atoms in total. The molecule has 1 aromatic carbocycles. The molecule has 0 saturated heterocycles. The van der Waals surface area contributed by atoms with Gasteiger partial charge >= 0.3 is 0 Å². The first-order valence-electron chi connectivity index (χ1n) is 5.85. The maximum atomic E-state index is 12.3. The van der Waals surface area contributed by atoms with Crippen LogP contribution in [0.4, 0.5) is 5.69 Å². The van der Waals surface area contributed by atoms with Gasteiger partial charge < -0.3 is 11.1 Å². The molecule has 2 atom stereocenters. The highest BCUT2D eigenvalue weighted by molar-refractivity contribution is 14.1. The third kappa shape index (κ3) is 2.63. The lowest BCUT2D eigenvalue weighted by molar-refractivity contribution is -0.125. The van der Waals surface area contributed by atoms with Gasteiger partial charge in [0.15, 0.2) is 0 Å². The number of nitrogens with two attached hydrogens (primary N) is 1. The van der Waals surface area contributed by atoms with Gasteiger partial charge in [0.2, 0.25) is 5.91 Å². The largest absolute Gasteiger partial charge is 0.327 e. The Morgan fingerprint density at radius 1 is 1.59 bits per heavy atom. The summed E-state index contributed by atoms with van der Waals surface area (Å²) < 4.78 is 1.11. The monoisotopic (exact) mass is 344 g/mol. The molecule has 0 aromatic heterocycles. The number of hydrogen-bond acceptors (Lipinski definition) is 2. The number of carbonyl (C=O) groups is 1. The summed E-state index contributed by atoms with van der Waals surface area (Å²) in [7, 11) is 0. The highest BCUT2D eigenvalue weighted by Gasteiger charge is 2.42. The third-order valence-electron chi connectivity index (χ3n) is 3.63. The van der Waals surface area contributed by atoms with E-state index in [2.05, 4.69) is 27.9 Å². The van der Waals surface area contributed by atoms with Gasteiger partial charge in [-0.25, -0.2) is 0 Å². The van der Waals surface area contributed by atoms with Crippen LogP contribution < -0.4 is 11.1 Å². The van der Waals surface area contributed by atoms with Crippen LogP contribution in [0.25, 0.3) is 0 Å². The first-order valence-corrected chi connectivity index (χ1v) is 6.93. The maximum Gasteiger partial charge on any atom is 0.231 e. The second-order valence-corrected chi connectivity index (χ2v) is 6.13. The molecule has 1 aliphatic carbocycles. The highest BCUT2D eigenvalue weighted by Crippen LogP contribution is 2.37. The van der Waals surface area contributed by atoms with E-state index >= 15 is 0 Å². The predicted octanol–water partition coefficient (Wildman–Crippen LogP) is 2.75. The first-order chi connectivity index (χ1) is 8.02. The normalized spacial score (nSPS) is 28.1. The zero-order valence-electron chi connectivity index (χ0n) is 9.87. The summed E-state index contributed by atoms with van der Waals surface area (Å²) in [6, 6.07) is 7.78. The Labute approximate surface area is 115 Å². The summed E-state index contributed by atoms with van der Waals surface area (Å²) in [5, 5.41) is 2.97. The fourth-order valence-electron chi connectivity index (χ4n) is 2.32. The minimum atomic E-state index is -0.415. The van der Waals surface area contributed by atoms with Crippen molar-refractivity contribution in [1.82, 2.24) is 0 Å². The molecular weight excluding hydrogens is 327 g/mol. The molecule has 92 valence electrons. The van der Waals surface area contributed by atoms with E-state index in [0.717, 1.165) is 28.5 Å². The number of amides is 1. The van der Waals surface area contributed by atoms with E-state index < -0.39 is 5.41 Å². The molecule has 2 unspecified atom stereocenters. The van der Waals surface area contributed by atoms with Crippen LogP contribution in [-0.2, 0) is 4.79 Å². The molecule has 1 amide bonds. The number of hydrogen-bond donors (Lipinski definition) is 2. The molecule has 2 rings (SSSR count). The van der Waals surface area contributed by atoms with E-state index in [1.807, 2.05) is 31.2 Å². The Morgan fingerprint density at radius 3 is 2.94 bits per heavy atom. The van der Waals surface area contributed by atoms with Crippen LogP contribution in [-0.4, -0.2) is 11.9 Å². The van der Waals surface area contributed by atoms with Crippen molar-refractivity contribution >= 4 is 34.2 Å². The van der Waals surface area contributed by atoms with Gasteiger partial charge in [-0.1, -0.05) is 12.5 Å². The quantitative estimate of drug-likeness (QED) is 0.811. The molecule has 1 saturated carbocycles. The Balaban J connectivity index is 2.12.